The molecule has 0 N–H and O–H groups in total. The molecule has 1 aromatic heterocycles. The van der Waals surface area contributed by atoms with Gasteiger partial charge in [-0.3, -0.25) is 9.69 Å². The average Bonchev–Trinajstić information content (AvgIpc) is 2.94. The Labute approximate surface area is 126 Å². The normalized spacial score (nSPS) is 16.7. The van der Waals surface area contributed by atoms with Crippen LogP contribution in [-0.4, -0.2) is 32.8 Å². The van der Waals surface area contributed by atoms with Gasteiger partial charge >= 0.3 is 0 Å². The number of ketones is 1. The lowest BCUT2D eigenvalue weighted by Crippen LogP contribution is -2.43. The molecule has 1 atom stereocenters. The third-order valence-electron chi connectivity index (χ3n) is 3.83. The second-order valence-electron chi connectivity index (χ2n) is 5.05. The first-order valence-electron chi connectivity index (χ1n) is 6.69. The van der Waals surface area contributed by atoms with Gasteiger partial charge in [0.05, 0.1) is 12.6 Å². The quantitative estimate of drug-likeness (QED) is 0.810. The summed E-state index contributed by atoms with van der Waals surface area (Å²) in [5.74, 6) is 1.20. The molecule has 0 aliphatic carbocycles. The van der Waals surface area contributed by atoms with Gasteiger partial charge in [-0.05, 0) is 19.1 Å². The van der Waals surface area contributed by atoms with E-state index in [-0.39, 0.29) is 11.8 Å². The first-order chi connectivity index (χ1) is 9.65. The standard InChI is InChI=1S/C15H16BrN3O/c1-11(15(20)12-2-4-13(16)5-3-12)19-9-8-18-7-6-17-14(18)10-19/h2-7,11H,8-10H2,1H3. The molecule has 0 fully saturated rings. The zero-order valence-corrected chi connectivity index (χ0v) is 12.9. The van der Waals surface area contributed by atoms with E-state index in [1.807, 2.05) is 43.6 Å². The van der Waals surface area contributed by atoms with Gasteiger partial charge < -0.3 is 4.57 Å². The largest absolute Gasteiger partial charge is 0.333 e. The van der Waals surface area contributed by atoms with Crippen LogP contribution in [0.5, 0.6) is 0 Å². The Balaban J connectivity index is 1.74. The van der Waals surface area contributed by atoms with Crippen molar-refractivity contribution in [2.75, 3.05) is 6.54 Å². The molecule has 0 amide bonds. The maximum atomic E-state index is 12.5. The Kier molecular flexibility index (Phi) is 3.72. The number of imidazole rings is 1. The molecule has 1 aliphatic heterocycles. The van der Waals surface area contributed by atoms with E-state index < -0.39 is 0 Å². The Morgan fingerprint density at radius 3 is 2.80 bits per heavy atom. The monoisotopic (exact) mass is 333 g/mol. The Morgan fingerprint density at radius 2 is 2.05 bits per heavy atom. The highest BCUT2D eigenvalue weighted by Crippen LogP contribution is 2.17. The van der Waals surface area contributed by atoms with Crippen LogP contribution < -0.4 is 0 Å². The lowest BCUT2D eigenvalue weighted by Gasteiger charge is -2.31. The van der Waals surface area contributed by atoms with Crippen molar-refractivity contribution in [2.24, 2.45) is 0 Å². The summed E-state index contributed by atoms with van der Waals surface area (Å²) >= 11 is 3.39. The molecule has 0 spiro atoms. The first kappa shape index (κ1) is 13.5. The number of rotatable bonds is 3. The molecule has 5 heteroatoms. The third kappa shape index (κ3) is 2.55. The van der Waals surface area contributed by atoms with Crippen LogP contribution in [0, 0.1) is 0 Å². The molecule has 4 nitrogen and oxygen atoms in total. The second kappa shape index (κ2) is 5.50. The van der Waals surface area contributed by atoms with Crippen molar-refractivity contribution in [3.05, 3.63) is 52.5 Å². The lowest BCUT2D eigenvalue weighted by molar-refractivity contribution is 0.0793. The van der Waals surface area contributed by atoms with Crippen LogP contribution in [-0.2, 0) is 13.1 Å². The molecule has 1 unspecified atom stereocenters. The molecular weight excluding hydrogens is 318 g/mol. The van der Waals surface area contributed by atoms with Crippen LogP contribution in [0.2, 0.25) is 0 Å². The van der Waals surface area contributed by atoms with Crippen LogP contribution in [0.25, 0.3) is 0 Å². The van der Waals surface area contributed by atoms with E-state index in [1.54, 1.807) is 0 Å². The summed E-state index contributed by atoms with van der Waals surface area (Å²) in [6.07, 6.45) is 3.81. The fourth-order valence-electron chi connectivity index (χ4n) is 2.54. The van der Waals surface area contributed by atoms with Gasteiger partial charge in [-0.15, -0.1) is 0 Å². The molecule has 1 aliphatic rings. The molecule has 20 heavy (non-hydrogen) atoms. The summed E-state index contributed by atoms with van der Waals surface area (Å²) in [5.41, 5.74) is 0.759. The maximum absolute atomic E-state index is 12.5. The topological polar surface area (TPSA) is 38.1 Å². The molecule has 104 valence electrons. The molecule has 0 saturated carbocycles. The van der Waals surface area contributed by atoms with Crippen LogP contribution in [0.4, 0.5) is 0 Å². The third-order valence-corrected chi connectivity index (χ3v) is 4.36. The van der Waals surface area contributed by atoms with Gasteiger partial charge in [0.25, 0.3) is 0 Å². The first-order valence-corrected chi connectivity index (χ1v) is 7.48. The van der Waals surface area contributed by atoms with Crippen LogP contribution in [0.15, 0.2) is 41.1 Å². The van der Waals surface area contributed by atoms with Crippen LogP contribution in [0.1, 0.15) is 23.1 Å². The van der Waals surface area contributed by atoms with Gasteiger partial charge in [-0.1, -0.05) is 28.1 Å². The lowest BCUT2D eigenvalue weighted by atomic mass is 10.0. The highest BCUT2D eigenvalue weighted by molar-refractivity contribution is 9.10. The van der Waals surface area contributed by atoms with E-state index in [9.17, 15) is 4.79 Å². The summed E-state index contributed by atoms with van der Waals surface area (Å²) in [4.78, 5) is 19.0. The fourth-order valence-corrected chi connectivity index (χ4v) is 2.81. The van der Waals surface area contributed by atoms with Crippen molar-refractivity contribution >= 4 is 21.7 Å². The smallest absolute Gasteiger partial charge is 0.179 e. The van der Waals surface area contributed by atoms with Crippen LogP contribution in [0.3, 0.4) is 0 Å². The van der Waals surface area contributed by atoms with E-state index in [0.29, 0.717) is 0 Å². The number of fused-ring (bicyclic) bond motifs is 1. The number of nitrogens with zero attached hydrogens (tertiary/aromatic N) is 3. The molecule has 2 heterocycles. The molecule has 2 aromatic rings. The van der Waals surface area contributed by atoms with Gasteiger partial charge in [-0.2, -0.15) is 0 Å². The SMILES string of the molecule is CC(C(=O)c1ccc(Br)cc1)N1CCn2ccnc2C1. The van der Waals surface area contributed by atoms with E-state index >= 15 is 0 Å². The Morgan fingerprint density at radius 1 is 1.30 bits per heavy atom. The molecular formula is C15H16BrN3O. The predicted octanol–water partition coefficient (Wildman–Crippen LogP) is 2.73. The number of carbonyl (C=O) groups is 1. The van der Waals surface area contributed by atoms with Crippen molar-refractivity contribution in [2.45, 2.75) is 26.1 Å². The fraction of sp³-hybridized carbons (Fsp3) is 0.333. The van der Waals surface area contributed by atoms with Gasteiger partial charge in [0.2, 0.25) is 0 Å². The highest BCUT2D eigenvalue weighted by atomic mass is 79.9. The van der Waals surface area contributed by atoms with Crippen molar-refractivity contribution in [1.82, 2.24) is 14.5 Å². The number of benzene rings is 1. The van der Waals surface area contributed by atoms with Crippen LogP contribution >= 0.6 is 15.9 Å². The summed E-state index contributed by atoms with van der Waals surface area (Å²) in [7, 11) is 0. The second-order valence-corrected chi connectivity index (χ2v) is 5.97. The van der Waals surface area contributed by atoms with Gasteiger partial charge in [0, 0.05) is 35.5 Å². The number of hydrogen-bond acceptors (Lipinski definition) is 3. The van der Waals surface area contributed by atoms with E-state index in [4.69, 9.17) is 0 Å². The summed E-state index contributed by atoms with van der Waals surface area (Å²) in [5, 5.41) is 0. The van der Waals surface area contributed by atoms with Gasteiger partial charge in [-0.25, -0.2) is 4.98 Å². The molecule has 0 radical (unpaired) electrons. The number of halogens is 1. The summed E-state index contributed by atoms with van der Waals surface area (Å²) < 4.78 is 3.13. The minimum absolute atomic E-state index is 0.123. The highest BCUT2D eigenvalue weighted by Gasteiger charge is 2.26. The number of aromatic nitrogens is 2. The Hall–Kier alpha value is -1.46. The maximum Gasteiger partial charge on any atom is 0.179 e. The van der Waals surface area contributed by atoms with Gasteiger partial charge in [0.1, 0.15) is 5.82 Å². The molecule has 0 saturated heterocycles. The zero-order chi connectivity index (χ0) is 14.1. The number of Topliss-reactive ketones (excluding diaryl/α,β-unsaturated/α-hetero) is 1. The van der Waals surface area contributed by atoms with Crippen molar-refractivity contribution in [1.29, 1.82) is 0 Å². The molecule has 1 aromatic carbocycles. The Bertz CT molecular complexity index is 620. The molecule has 0 bridgehead atoms. The van der Waals surface area contributed by atoms with Crippen molar-refractivity contribution < 1.29 is 4.79 Å². The molecule has 3 rings (SSSR count). The van der Waals surface area contributed by atoms with Crippen molar-refractivity contribution in [3.63, 3.8) is 0 Å². The minimum Gasteiger partial charge on any atom is -0.333 e. The van der Waals surface area contributed by atoms with E-state index in [0.717, 1.165) is 35.5 Å². The van der Waals surface area contributed by atoms with Crippen molar-refractivity contribution in [3.8, 4) is 0 Å². The van der Waals surface area contributed by atoms with Gasteiger partial charge in [0.15, 0.2) is 5.78 Å². The number of carbonyl (C=O) groups excluding carboxylic acids is 1. The number of hydrogen-bond donors (Lipinski definition) is 0. The minimum atomic E-state index is -0.123. The summed E-state index contributed by atoms with van der Waals surface area (Å²) in [6.45, 7) is 4.49. The average molecular weight is 334 g/mol. The van der Waals surface area contributed by atoms with E-state index in [1.165, 1.54) is 0 Å². The van der Waals surface area contributed by atoms with E-state index in [2.05, 4.69) is 30.4 Å². The zero-order valence-electron chi connectivity index (χ0n) is 11.3. The predicted molar refractivity (Wildman–Crippen MR) is 80.6 cm³/mol. The summed E-state index contributed by atoms with van der Waals surface area (Å²) in [6, 6.07) is 7.43.